The molecule has 0 unspecified atom stereocenters. The first-order valence-electron chi connectivity index (χ1n) is 30.0. The first-order valence-corrected chi connectivity index (χ1v) is 40.7. The van der Waals surface area contributed by atoms with E-state index < -0.39 is 23.7 Å². The van der Waals surface area contributed by atoms with Gasteiger partial charge in [0.05, 0.1) is 0 Å². The summed E-state index contributed by atoms with van der Waals surface area (Å²) >= 11 is -5.34. The molecule has 70 heavy (non-hydrogen) atoms. The first kappa shape index (κ1) is 54.2. The fourth-order valence-corrected chi connectivity index (χ4v) is 50.0. The number of hydrogen-bond acceptors (Lipinski definition) is 0. The molecule has 0 amide bonds. The van der Waals surface area contributed by atoms with Gasteiger partial charge in [-0.25, -0.2) is 0 Å². The van der Waals surface area contributed by atoms with E-state index >= 15 is 0 Å². The Balaban J connectivity index is 1.82. The van der Waals surface area contributed by atoms with E-state index in [0.717, 1.165) is 0 Å². The number of fused-ring (bicyclic) bond motifs is 4. The molecule has 4 aliphatic rings. The van der Waals surface area contributed by atoms with Gasteiger partial charge in [0, 0.05) is 0 Å². The Morgan fingerprint density at radius 3 is 0.629 bits per heavy atom. The van der Waals surface area contributed by atoms with Crippen molar-refractivity contribution >= 4 is 41.3 Å². The van der Waals surface area contributed by atoms with Crippen molar-refractivity contribution in [3.8, 4) is 0 Å². The van der Waals surface area contributed by atoms with Gasteiger partial charge < -0.3 is 0 Å². The van der Waals surface area contributed by atoms with Crippen molar-refractivity contribution in [3.63, 3.8) is 0 Å². The number of benzene rings is 4. The predicted octanol–water partition coefficient (Wildman–Crippen LogP) is 16.8. The van der Waals surface area contributed by atoms with Crippen LogP contribution >= 0.6 is 0 Å². The van der Waals surface area contributed by atoms with Crippen LogP contribution in [0.5, 0.6) is 0 Å². The van der Waals surface area contributed by atoms with Crippen molar-refractivity contribution in [2.75, 3.05) is 0 Å². The molecule has 4 aromatic rings. The van der Waals surface area contributed by atoms with Crippen LogP contribution in [0.25, 0.3) is 0 Å². The van der Waals surface area contributed by atoms with Crippen LogP contribution in [0.4, 0.5) is 0 Å². The van der Waals surface area contributed by atoms with Gasteiger partial charge in [-0.3, -0.25) is 0 Å². The van der Waals surface area contributed by atoms with E-state index in [4.69, 9.17) is 0 Å². The summed E-state index contributed by atoms with van der Waals surface area (Å²) in [4.78, 5) is 0. The van der Waals surface area contributed by atoms with Crippen LogP contribution in [0, 0.1) is 0 Å². The molecular formula is C68H100Ge2. The summed E-state index contributed by atoms with van der Waals surface area (Å²) < 4.78 is 7.66. The molecular weight excluding hydrogens is 962 g/mol. The summed E-state index contributed by atoms with van der Waals surface area (Å²) in [6.07, 6.45) is 25.2. The normalized spacial score (nSPS) is 21.3. The average molecular weight is 1060 g/mol. The maximum absolute atomic E-state index is 3.00. The second-order valence-electron chi connectivity index (χ2n) is 24.3. The minimum atomic E-state index is -2.67. The van der Waals surface area contributed by atoms with E-state index in [1.807, 2.05) is 53.3 Å². The molecule has 0 N–H and O–H groups in total. The van der Waals surface area contributed by atoms with E-state index in [0.29, 0.717) is 0 Å². The van der Waals surface area contributed by atoms with Crippen LogP contribution in [-0.4, -0.2) is 23.7 Å². The zero-order valence-corrected chi connectivity index (χ0v) is 52.3. The molecule has 0 heterocycles. The number of hydrogen-bond donors (Lipinski definition) is 0. The monoisotopic (exact) mass is 1060 g/mol. The molecule has 0 saturated carbocycles. The van der Waals surface area contributed by atoms with Crippen molar-refractivity contribution in [2.24, 2.45) is 0 Å². The molecule has 0 aromatic heterocycles. The van der Waals surface area contributed by atoms with Crippen molar-refractivity contribution in [2.45, 2.75) is 283 Å². The molecule has 0 fully saturated rings. The Bertz CT molecular complexity index is 2220. The van der Waals surface area contributed by atoms with E-state index in [1.54, 1.807) is 8.79 Å². The summed E-state index contributed by atoms with van der Waals surface area (Å²) in [5.74, 6) is 0. The minimum absolute atomic E-state index is 0.183. The van der Waals surface area contributed by atoms with Crippen molar-refractivity contribution in [1.82, 2.24) is 0 Å². The van der Waals surface area contributed by atoms with E-state index in [9.17, 15) is 0 Å². The van der Waals surface area contributed by atoms with Gasteiger partial charge in [0.1, 0.15) is 0 Å². The van der Waals surface area contributed by atoms with E-state index in [-0.39, 0.29) is 43.3 Å². The third kappa shape index (κ3) is 7.40. The van der Waals surface area contributed by atoms with Gasteiger partial charge in [-0.1, -0.05) is 0 Å². The first-order chi connectivity index (χ1) is 33.7. The molecule has 8 rings (SSSR count). The predicted molar refractivity (Wildman–Crippen MR) is 312 cm³/mol. The van der Waals surface area contributed by atoms with Crippen LogP contribution in [0.2, 0.25) is 0 Å². The van der Waals surface area contributed by atoms with Gasteiger partial charge >= 0.3 is 441 Å². The van der Waals surface area contributed by atoms with Crippen LogP contribution < -0.4 is 17.6 Å². The average Bonchev–Trinajstić information content (AvgIpc) is 4.10. The molecule has 0 bridgehead atoms. The molecule has 0 saturated heterocycles. The van der Waals surface area contributed by atoms with Crippen molar-refractivity contribution in [1.29, 1.82) is 0 Å². The molecule has 0 atom stereocenters. The number of rotatable bonds is 20. The second kappa shape index (κ2) is 20.2. The Kier molecular flexibility index (Phi) is 15.7. The summed E-state index contributed by atoms with van der Waals surface area (Å²) in [7, 11) is 0. The van der Waals surface area contributed by atoms with Crippen LogP contribution in [0.15, 0.2) is 72.8 Å². The van der Waals surface area contributed by atoms with Gasteiger partial charge in [0.15, 0.2) is 0 Å². The third-order valence-electron chi connectivity index (χ3n) is 23.5. The van der Waals surface area contributed by atoms with Gasteiger partial charge in [0.2, 0.25) is 0 Å². The topological polar surface area (TPSA) is 0 Å². The quantitative estimate of drug-likeness (QED) is 0.0774. The third-order valence-corrected chi connectivity index (χ3v) is 49.7. The van der Waals surface area contributed by atoms with Crippen molar-refractivity contribution < 1.29 is 0 Å². The molecule has 380 valence electrons. The van der Waals surface area contributed by atoms with E-state index in [2.05, 4.69) is 184 Å². The molecule has 4 aliphatic carbocycles. The van der Waals surface area contributed by atoms with E-state index in [1.165, 1.54) is 128 Å². The van der Waals surface area contributed by atoms with Gasteiger partial charge in [-0.15, -0.1) is 0 Å². The molecule has 2 heteroatoms. The Morgan fingerprint density at radius 1 is 0.271 bits per heavy atom. The molecule has 0 radical (unpaired) electrons. The molecule has 0 spiro atoms. The molecule has 0 aliphatic heterocycles. The Morgan fingerprint density at radius 2 is 0.457 bits per heavy atom. The summed E-state index contributed by atoms with van der Waals surface area (Å²) in [6, 6.07) is 31.6. The Hall–Kier alpha value is -2.03. The van der Waals surface area contributed by atoms with Gasteiger partial charge in [0.25, 0.3) is 0 Å². The van der Waals surface area contributed by atoms with Crippen LogP contribution in [0.3, 0.4) is 0 Å². The molecule has 4 aromatic carbocycles. The van der Waals surface area contributed by atoms with Gasteiger partial charge in [-0.2, -0.15) is 0 Å². The summed E-state index contributed by atoms with van der Waals surface area (Å²) in [6.45, 7) is 41.6. The van der Waals surface area contributed by atoms with Crippen LogP contribution in [0.1, 0.15) is 284 Å². The maximum atomic E-state index is 3.00. The van der Waals surface area contributed by atoms with Crippen molar-refractivity contribution in [3.05, 3.63) is 117 Å². The standard InChI is InChI=1S/C68H100Ge2/c1-17-61(18-2)45-65(25-9,26-10)55-51(61)43-52-56(66(27-11,28-12)46-62(52,19-3)20-4)59(55)69(49-39-35-33-36-40-49)70(50-41-37-34-38-42-50)60-57-53(63(21-5,22-6)47-67(57,29-13)30-14)44-54-58(60)68(31-15,32-16)48-64(54,23-7)24-8/h33-44H,17-32,45-48H2,1-16H3/b70-69+. The zero-order chi connectivity index (χ0) is 50.7. The summed E-state index contributed by atoms with van der Waals surface area (Å²) in [5.41, 5.74) is 16.6. The Labute approximate surface area is 438 Å². The molecule has 0 nitrogen and oxygen atoms in total. The summed E-state index contributed by atoms with van der Waals surface area (Å²) in [5, 5.41) is 0. The second-order valence-corrected chi connectivity index (χ2v) is 42.9. The fraction of sp³-hybridized carbons (Fsp3) is 0.647. The zero-order valence-electron chi connectivity index (χ0n) is 48.1. The van der Waals surface area contributed by atoms with Gasteiger partial charge in [-0.05, 0) is 0 Å². The fourth-order valence-electron chi connectivity index (χ4n) is 18.0. The SMILES string of the molecule is CCC1(CC)CC(CC)(CC)c2c1cc1c([c]2/[Ge]([c]2ccccc2)=[Ge](\[c]2ccccc2)[c]2c3c(cc4c2C(CC)(CC)CC4(CC)CC)C(CC)(CC)CC3(CC)CC)C(CC)(CC)CC1(CC)CC. The van der Waals surface area contributed by atoms with Crippen LogP contribution in [-0.2, 0) is 43.3 Å².